The highest BCUT2D eigenvalue weighted by Gasteiger charge is 2.23. The van der Waals surface area contributed by atoms with Gasteiger partial charge in [0.25, 0.3) is 5.91 Å². The molecule has 0 saturated heterocycles. The van der Waals surface area contributed by atoms with E-state index < -0.39 is 0 Å². The Labute approximate surface area is 191 Å². The van der Waals surface area contributed by atoms with Gasteiger partial charge in [-0.1, -0.05) is 36.4 Å². The maximum atomic E-state index is 11.8. The molecule has 6 heteroatoms. The van der Waals surface area contributed by atoms with Crippen LogP contribution in [0, 0.1) is 13.8 Å². The lowest BCUT2D eigenvalue weighted by molar-refractivity contribution is -0.115. The smallest absolute Gasteiger partial charge is 0.256 e. The average Bonchev–Trinajstić information content (AvgIpc) is 3.58. The first-order valence-electron chi connectivity index (χ1n) is 10.5. The van der Waals surface area contributed by atoms with Crippen LogP contribution in [0.5, 0.6) is 0 Å². The minimum absolute atomic E-state index is 0.0815. The largest absolute Gasteiger partial charge is 0.472 e. The Bertz CT molecular complexity index is 1270. The molecule has 0 atom stereocenters. The molecule has 0 saturated carbocycles. The van der Waals surface area contributed by atoms with Crippen molar-refractivity contribution in [2.45, 2.75) is 20.3 Å². The number of carbonyl (C=O) groups is 2. The van der Waals surface area contributed by atoms with Crippen molar-refractivity contribution in [2.24, 2.45) is 0 Å². The summed E-state index contributed by atoms with van der Waals surface area (Å²) in [6, 6.07) is 19.2. The highest BCUT2D eigenvalue weighted by atomic mass is 16.3. The lowest BCUT2D eigenvalue weighted by atomic mass is 10.1. The number of fused-ring (bicyclic) bond motifs is 2. The van der Waals surface area contributed by atoms with E-state index in [1.54, 1.807) is 24.9 Å². The van der Waals surface area contributed by atoms with Gasteiger partial charge in [-0.25, -0.2) is 0 Å². The summed E-state index contributed by atoms with van der Waals surface area (Å²) < 4.78 is 10.0. The molecule has 4 aromatic rings. The number of hydrogen-bond acceptors (Lipinski definition) is 4. The minimum Gasteiger partial charge on any atom is -0.472 e. The van der Waals surface area contributed by atoms with Gasteiger partial charge >= 0.3 is 0 Å². The molecule has 0 radical (unpaired) electrons. The summed E-state index contributed by atoms with van der Waals surface area (Å²) in [5.41, 5.74) is 6.70. The third kappa shape index (κ3) is 5.30. The Hall–Kier alpha value is -4.32. The Morgan fingerprint density at radius 1 is 0.848 bits per heavy atom. The molecule has 2 aliphatic heterocycles. The quantitative estimate of drug-likeness (QED) is 0.364. The number of nitrogens with one attached hydrogen (secondary N) is 2. The summed E-state index contributed by atoms with van der Waals surface area (Å²) in [6.45, 7) is 3.94. The first kappa shape index (κ1) is 21.9. The summed E-state index contributed by atoms with van der Waals surface area (Å²) in [7, 11) is 0. The van der Waals surface area contributed by atoms with Crippen LogP contribution in [0.2, 0.25) is 0 Å². The summed E-state index contributed by atoms with van der Waals surface area (Å²) in [5, 5.41) is 5.59. The number of amides is 2. The second-order valence-corrected chi connectivity index (χ2v) is 7.71. The first-order chi connectivity index (χ1) is 16.0. The van der Waals surface area contributed by atoms with Gasteiger partial charge in [0.1, 0.15) is 5.76 Å². The van der Waals surface area contributed by atoms with Crippen LogP contribution in [0.25, 0.3) is 11.6 Å². The topological polar surface area (TPSA) is 84.5 Å². The van der Waals surface area contributed by atoms with Crippen molar-refractivity contribution in [3.05, 3.63) is 107 Å². The number of aryl methyl sites for hydroxylation is 2. The van der Waals surface area contributed by atoms with E-state index in [0.717, 1.165) is 33.8 Å². The van der Waals surface area contributed by atoms with Gasteiger partial charge < -0.3 is 19.5 Å². The normalized spacial score (nSPS) is 14.3. The van der Waals surface area contributed by atoms with Gasteiger partial charge in [-0.3, -0.25) is 9.59 Å². The van der Waals surface area contributed by atoms with Crippen molar-refractivity contribution in [1.29, 1.82) is 0 Å². The van der Waals surface area contributed by atoms with Crippen molar-refractivity contribution in [2.75, 3.05) is 10.6 Å². The van der Waals surface area contributed by atoms with Crippen LogP contribution < -0.4 is 10.6 Å². The summed E-state index contributed by atoms with van der Waals surface area (Å²) in [6.07, 6.45) is 7.32. The SMILES string of the molecule is Cc1ccoc1.Cc1ccoc1/C=C1/C(=O)Nc2ccccc21.O=C1Cc2ccccc2N1. The van der Waals surface area contributed by atoms with Crippen molar-refractivity contribution < 1.29 is 18.4 Å². The van der Waals surface area contributed by atoms with Crippen LogP contribution in [0.3, 0.4) is 0 Å². The van der Waals surface area contributed by atoms with E-state index in [4.69, 9.17) is 8.83 Å². The Morgan fingerprint density at radius 2 is 1.61 bits per heavy atom. The highest BCUT2D eigenvalue weighted by Crippen LogP contribution is 2.33. The molecule has 2 N–H and O–H groups in total. The molecule has 6 rings (SSSR count). The molecule has 2 aromatic heterocycles. The van der Waals surface area contributed by atoms with Gasteiger partial charge in [0.2, 0.25) is 5.91 Å². The zero-order valence-electron chi connectivity index (χ0n) is 18.4. The van der Waals surface area contributed by atoms with Crippen LogP contribution >= 0.6 is 0 Å². The maximum Gasteiger partial charge on any atom is 0.256 e. The Balaban J connectivity index is 0.000000136. The molecule has 0 unspecified atom stereocenters. The van der Waals surface area contributed by atoms with Crippen LogP contribution in [-0.4, -0.2) is 11.8 Å². The maximum absolute atomic E-state index is 11.8. The standard InChI is InChI=1S/C14H11NO2.C8H7NO.C5H6O/c1-9-6-7-17-13(9)8-11-10-4-2-3-5-12(10)15-14(11)16;10-8-5-6-3-1-2-4-7(6)9-8;1-5-2-3-6-4-5/h2-8H,1H3,(H,15,16);1-4H,5H2,(H,9,10);2-4H,1H3/b11-8+;;. The molecule has 6 nitrogen and oxygen atoms in total. The number of anilines is 2. The number of carbonyl (C=O) groups excluding carboxylic acids is 2. The zero-order chi connectivity index (χ0) is 23.2. The van der Waals surface area contributed by atoms with Crippen LogP contribution in [-0.2, 0) is 16.0 Å². The second kappa shape index (κ2) is 9.87. The van der Waals surface area contributed by atoms with Crippen molar-refractivity contribution in [1.82, 2.24) is 0 Å². The number of benzene rings is 2. The van der Waals surface area contributed by atoms with Gasteiger partial charge in [0.15, 0.2) is 0 Å². The Kier molecular flexibility index (Phi) is 6.55. The molecular weight excluding hydrogens is 416 g/mol. The van der Waals surface area contributed by atoms with E-state index in [9.17, 15) is 9.59 Å². The Morgan fingerprint density at radius 3 is 2.24 bits per heavy atom. The second-order valence-electron chi connectivity index (χ2n) is 7.71. The average molecular weight is 440 g/mol. The molecule has 0 fully saturated rings. The zero-order valence-corrected chi connectivity index (χ0v) is 18.4. The van der Waals surface area contributed by atoms with E-state index in [0.29, 0.717) is 12.0 Å². The molecule has 0 bridgehead atoms. The first-order valence-corrected chi connectivity index (χ1v) is 10.5. The van der Waals surface area contributed by atoms with Gasteiger partial charge in [0.05, 0.1) is 30.8 Å². The minimum atomic E-state index is -0.0815. The van der Waals surface area contributed by atoms with E-state index in [1.165, 1.54) is 5.56 Å². The molecule has 2 aromatic carbocycles. The number of hydrogen-bond donors (Lipinski definition) is 2. The highest BCUT2D eigenvalue weighted by molar-refractivity contribution is 6.34. The van der Waals surface area contributed by atoms with Crippen molar-refractivity contribution in [3.8, 4) is 0 Å². The molecule has 2 aliphatic rings. The molecule has 0 aliphatic carbocycles. The predicted octanol–water partition coefficient (Wildman–Crippen LogP) is 5.85. The van der Waals surface area contributed by atoms with E-state index in [2.05, 4.69) is 10.6 Å². The predicted molar refractivity (Wildman–Crippen MR) is 129 cm³/mol. The molecule has 0 spiro atoms. The summed E-state index contributed by atoms with van der Waals surface area (Å²) >= 11 is 0. The van der Waals surface area contributed by atoms with Gasteiger partial charge in [-0.2, -0.15) is 0 Å². The lowest BCUT2D eigenvalue weighted by Gasteiger charge is -1.96. The fraction of sp³-hybridized carbons (Fsp3) is 0.111. The number of para-hydroxylation sites is 2. The van der Waals surface area contributed by atoms with Crippen LogP contribution in [0.15, 0.2) is 88.3 Å². The van der Waals surface area contributed by atoms with E-state index in [-0.39, 0.29) is 11.8 Å². The summed E-state index contributed by atoms with van der Waals surface area (Å²) in [5.74, 6) is 0.745. The number of rotatable bonds is 1. The van der Waals surface area contributed by atoms with Gasteiger partial charge in [-0.05, 0) is 60.9 Å². The van der Waals surface area contributed by atoms with Crippen LogP contribution in [0.4, 0.5) is 11.4 Å². The van der Waals surface area contributed by atoms with E-state index in [1.807, 2.05) is 74.5 Å². The summed E-state index contributed by atoms with van der Waals surface area (Å²) in [4.78, 5) is 22.6. The molecule has 4 heterocycles. The molecule has 2 amide bonds. The third-order valence-corrected chi connectivity index (χ3v) is 5.19. The van der Waals surface area contributed by atoms with Crippen molar-refractivity contribution >= 4 is 34.8 Å². The fourth-order valence-electron chi connectivity index (χ4n) is 3.44. The third-order valence-electron chi connectivity index (χ3n) is 5.19. The number of furan rings is 2. The fourth-order valence-corrected chi connectivity index (χ4v) is 3.44. The van der Waals surface area contributed by atoms with Gasteiger partial charge in [0, 0.05) is 16.9 Å². The van der Waals surface area contributed by atoms with Crippen LogP contribution in [0.1, 0.15) is 28.0 Å². The monoisotopic (exact) mass is 440 g/mol. The molecular formula is C27H24N2O4. The lowest BCUT2D eigenvalue weighted by Crippen LogP contribution is -2.03. The van der Waals surface area contributed by atoms with Gasteiger partial charge in [-0.15, -0.1) is 0 Å². The molecule has 33 heavy (non-hydrogen) atoms. The molecule has 166 valence electrons. The van der Waals surface area contributed by atoms with Crippen molar-refractivity contribution in [3.63, 3.8) is 0 Å². The van der Waals surface area contributed by atoms with E-state index >= 15 is 0 Å².